The van der Waals surface area contributed by atoms with Gasteiger partial charge >= 0.3 is 0 Å². The molecule has 72 valence electrons. The third kappa shape index (κ3) is 1.91. The van der Waals surface area contributed by atoms with E-state index in [0.717, 1.165) is 13.1 Å². The van der Waals surface area contributed by atoms with Crippen molar-refractivity contribution in [2.24, 2.45) is 0 Å². The molecule has 3 nitrogen and oxygen atoms in total. The van der Waals surface area contributed by atoms with Gasteiger partial charge in [0.05, 0.1) is 11.7 Å². The zero-order valence-electron chi connectivity index (χ0n) is 8.16. The van der Waals surface area contributed by atoms with E-state index in [4.69, 9.17) is 0 Å². The first kappa shape index (κ1) is 8.75. The lowest BCUT2D eigenvalue weighted by molar-refractivity contribution is 0.401. The highest BCUT2D eigenvalue weighted by atomic mass is 15.3. The van der Waals surface area contributed by atoms with Crippen LogP contribution in [0.15, 0.2) is 12.3 Å². The van der Waals surface area contributed by atoms with Crippen molar-refractivity contribution in [2.45, 2.75) is 38.8 Å². The predicted octanol–water partition coefficient (Wildman–Crippen LogP) is 1.72. The molecular formula is C10H17N3. The van der Waals surface area contributed by atoms with Crippen molar-refractivity contribution in [3.05, 3.63) is 18.0 Å². The number of aromatic nitrogens is 2. The number of nitrogens with one attached hydrogen (secondary N) is 1. The normalized spacial score (nSPS) is 23.3. The molecule has 0 aromatic carbocycles. The quantitative estimate of drug-likeness (QED) is 0.749. The molecule has 1 aromatic heterocycles. The SMILES string of the molecule is CCn1ccc(C2CCCCN2)n1. The molecule has 1 saturated heterocycles. The Hall–Kier alpha value is -0.830. The zero-order chi connectivity index (χ0) is 9.10. The highest BCUT2D eigenvalue weighted by Gasteiger charge is 2.16. The summed E-state index contributed by atoms with van der Waals surface area (Å²) < 4.78 is 1.99. The molecule has 3 heteroatoms. The number of nitrogens with zero attached hydrogens (tertiary/aromatic N) is 2. The Morgan fingerprint density at radius 3 is 3.15 bits per heavy atom. The summed E-state index contributed by atoms with van der Waals surface area (Å²) in [6, 6.07) is 2.63. The van der Waals surface area contributed by atoms with Gasteiger partial charge in [0.15, 0.2) is 0 Å². The Morgan fingerprint density at radius 2 is 2.54 bits per heavy atom. The van der Waals surface area contributed by atoms with Crippen molar-refractivity contribution in [1.82, 2.24) is 15.1 Å². The van der Waals surface area contributed by atoms with E-state index in [2.05, 4.69) is 29.6 Å². The molecule has 13 heavy (non-hydrogen) atoms. The molecule has 0 bridgehead atoms. The van der Waals surface area contributed by atoms with Crippen LogP contribution in [0.1, 0.15) is 37.9 Å². The minimum absolute atomic E-state index is 0.501. The highest BCUT2D eigenvalue weighted by Crippen LogP contribution is 2.20. The standard InChI is InChI=1S/C10H17N3/c1-2-13-8-6-10(12-13)9-5-3-4-7-11-9/h6,8-9,11H,2-5,7H2,1H3. The molecule has 2 heterocycles. The lowest BCUT2D eigenvalue weighted by Crippen LogP contribution is -2.27. The van der Waals surface area contributed by atoms with E-state index in [0.29, 0.717) is 6.04 Å². The fourth-order valence-corrected chi connectivity index (χ4v) is 1.84. The molecule has 0 amide bonds. The first-order valence-corrected chi connectivity index (χ1v) is 5.17. The van der Waals surface area contributed by atoms with Gasteiger partial charge < -0.3 is 5.32 Å². The monoisotopic (exact) mass is 179 g/mol. The van der Waals surface area contributed by atoms with Crippen LogP contribution in [0.2, 0.25) is 0 Å². The lowest BCUT2D eigenvalue weighted by atomic mass is 10.0. The number of hydrogen-bond donors (Lipinski definition) is 1. The van der Waals surface area contributed by atoms with Gasteiger partial charge in [-0.1, -0.05) is 6.42 Å². The van der Waals surface area contributed by atoms with Gasteiger partial charge in [-0.15, -0.1) is 0 Å². The second-order valence-electron chi connectivity index (χ2n) is 3.60. The third-order valence-electron chi connectivity index (χ3n) is 2.65. The number of piperidine rings is 1. The maximum atomic E-state index is 4.51. The van der Waals surface area contributed by atoms with Crippen LogP contribution in [-0.2, 0) is 6.54 Å². The Morgan fingerprint density at radius 1 is 1.62 bits per heavy atom. The number of hydrogen-bond acceptors (Lipinski definition) is 2. The van der Waals surface area contributed by atoms with Gasteiger partial charge in [0.1, 0.15) is 0 Å². The van der Waals surface area contributed by atoms with E-state index < -0.39 is 0 Å². The fourth-order valence-electron chi connectivity index (χ4n) is 1.84. The van der Waals surface area contributed by atoms with Crippen LogP contribution in [-0.4, -0.2) is 16.3 Å². The van der Waals surface area contributed by atoms with Crippen LogP contribution in [0.5, 0.6) is 0 Å². The summed E-state index contributed by atoms with van der Waals surface area (Å²) in [5, 5.41) is 8.00. The van der Waals surface area contributed by atoms with E-state index in [1.807, 2.05) is 4.68 Å². The molecular weight excluding hydrogens is 162 g/mol. The van der Waals surface area contributed by atoms with Crippen LogP contribution in [0, 0.1) is 0 Å². The van der Waals surface area contributed by atoms with Crippen LogP contribution >= 0.6 is 0 Å². The number of rotatable bonds is 2. The van der Waals surface area contributed by atoms with E-state index in [1.54, 1.807) is 0 Å². The van der Waals surface area contributed by atoms with Crippen molar-refractivity contribution >= 4 is 0 Å². The molecule has 1 fully saturated rings. The predicted molar refractivity (Wildman–Crippen MR) is 52.5 cm³/mol. The first-order valence-electron chi connectivity index (χ1n) is 5.17. The van der Waals surface area contributed by atoms with Gasteiger partial charge in [0.25, 0.3) is 0 Å². The summed E-state index contributed by atoms with van der Waals surface area (Å²) in [7, 11) is 0. The first-order chi connectivity index (χ1) is 6.40. The Bertz CT molecular complexity index is 261. The van der Waals surface area contributed by atoms with E-state index in [9.17, 15) is 0 Å². The fraction of sp³-hybridized carbons (Fsp3) is 0.700. The maximum Gasteiger partial charge on any atom is 0.0793 e. The molecule has 1 aliphatic heterocycles. The molecule has 1 N–H and O–H groups in total. The average molecular weight is 179 g/mol. The van der Waals surface area contributed by atoms with E-state index in [1.165, 1.54) is 25.0 Å². The molecule has 0 radical (unpaired) electrons. The molecule has 0 spiro atoms. The maximum absolute atomic E-state index is 4.51. The van der Waals surface area contributed by atoms with Gasteiger partial charge in [0, 0.05) is 12.7 Å². The van der Waals surface area contributed by atoms with E-state index in [-0.39, 0.29) is 0 Å². The van der Waals surface area contributed by atoms with Gasteiger partial charge in [0.2, 0.25) is 0 Å². The van der Waals surface area contributed by atoms with Crippen molar-refractivity contribution in [3.63, 3.8) is 0 Å². The number of aryl methyl sites for hydroxylation is 1. The molecule has 1 atom stereocenters. The van der Waals surface area contributed by atoms with E-state index >= 15 is 0 Å². The van der Waals surface area contributed by atoms with Gasteiger partial charge in [-0.2, -0.15) is 5.10 Å². The lowest BCUT2D eigenvalue weighted by Gasteiger charge is -2.21. The summed E-state index contributed by atoms with van der Waals surface area (Å²) in [5.74, 6) is 0. The summed E-state index contributed by atoms with van der Waals surface area (Å²) in [6.45, 7) is 4.22. The van der Waals surface area contributed by atoms with Crippen molar-refractivity contribution in [2.75, 3.05) is 6.54 Å². The molecule has 1 aromatic rings. The molecule has 1 aliphatic rings. The molecule has 0 aliphatic carbocycles. The highest BCUT2D eigenvalue weighted by molar-refractivity contribution is 5.06. The largest absolute Gasteiger partial charge is 0.309 e. The van der Waals surface area contributed by atoms with Crippen LogP contribution in [0.4, 0.5) is 0 Å². The van der Waals surface area contributed by atoms with Crippen molar-refractivity contribution < 1.29 is 0 Å². The van der Waals surface area contributed by atoms with Crippen molar-refractivity contribution in [3.8, 4) is 0 Å². The van der Waals surface area contributed by atoms with Gasteiger partial charge in [-0.25, -0.2) is 0 Å². The summed E-state index contributed by atoms with van der Waals surface area (Å²) >= 11 is 0. The van der Waals surface area contributed by atoms with Crippen molar-refractivity contribution in [1.29, 1.82) is 0 Å². The Kier molecular flexibility index (Phi) is 2.64. The summed E-state index contributed by atoms with van der Waals surface area (Å²) in [5.41, 5.74) is 1.21. The zero-order valence-corrected chi connectivity index (χ0v) is 8.16. The smallest absolute Gasteiger partial charge is 0.0793 e. The molecule has 1 unspecified atom stereocenters. The molecule has 2 rings (SSSR count). The second-order valence-corrected chi connectivity index (χ2v) is 3.60. The minimum atomic E-state index is 0.501. The Labute approximate surface area is 79.1 Å². The second kappa shape index (κ2) is 3.92. The Balaban J connectivity index is 2.05. The molecule has 0 saturated carbocycles. The minimum Gasteiger partial charge on any atom is -0.309 e. The van der Waals surface area contributed by atoms with Gasteiger partial charge in [-0.3, -0.25) is 4.68 Å². The van der Waals surface area contributed by atoms with Crippen LogP contribution in [0.3, 0.4) is 0 Å². The topological polar surface area (TPSA) is 29.9 Å². The average Bonchev–Trinajstić information content (AvgIpc) is 2.67. The van der Waals surface area contributed by atoms with Crippen LogP contribution in [0.25, 0.3) is 0 Å². The third-order valence-corrected chi connectivity index (χ3v) is 2.65. The summed E-state index contributed by atoms with van der Waals surface area (Å²) in [4.78, 5) is 0. The van der Waals surface area contributed by atoms with Crippen LogP contribution < -0.4 is 5.32 Å². The van der Waals surface area contributed by atoms with Gasteiger partial charge in [-0.05, 0) is 32.4 Å². The summed E-state index contributed by atoms with van der Waals surface area (Å²) in [6.07, 6.45) is 5.94.